The normalized spacial score (nSPS) is 26.4. The van der Waals surface area contributed by atoms with Crippen LogP contribution in [0.1, 0.15) is 70.3 Å². The van der Waals surface area contributed by atoms with Gasteiger partial charge in [-0.25, -0.2) is 4.79 Å². The molecule has 0 bridgehead atoms. The monoisotopic (exact) mass is 411 g/mol. The Kier molecular flexibility index (Phi) is 5.08. The van der Waals surface area contributed by atoms with E-state index in [0.717, 1.165) is 23.7 Å². The summed E-state index contributed by atoms with van der Waals surface area (Å²) >= 11 is 0. The summed E-state index contributed by atoms with van der Waals surface area (Å²) in [4.78, 5) is 26.0. The van der Waals surface area contributed by atoms with Gasteiger partial charge in [-0.1, -0.05) is 52.8 Å². The molecule has 3 atom stereocenters. The Labute approximate surface area is 178 Å². The van der Waals surface area contributed by atoms with Crippen LogP contribution in [0.25, 0.3) is 10.9 Å². The summed E-state index contributed by atoms with van der Waals surface area (Å²) < 4.78 is 7.63. The average Bonchev–Trinajstić information content (AvgIpc) is 2.97. The average molecular weight is 412 g/mol. The van der Waals surface area contributed by atoms with Crippen LogP contribution in [0.5, 0.6) is 0 Å². The molecule has 0 amide bonds. The van der Waals surface area contributed by atoms with Gasteiger partial charge in [0.1, 0.15) is 6.04 Å². The van der Waals surface area contributed by atoms with Crippen LogP contribution >= 0.6 is 0 Å². The number of ether oxygens (including phenoxy) is 1. The molecule has 1 saturated carbocycles. The zero-order valence-corrected chi connectivity index (χ0v) is 18.6. The number of para-hydroxylation sites is 1. The molecule has 162 valence electrons. The first kappa shape index (κ1) is 21.1. The van der Waals surface area contributed by atoms with Crippen molar-refractivity contribution in [2.45, 2.75) is 66.0 Å². The van der Waals surface area contributed by atoms with Crippen LogP contribution in [0.2, 0.25) is 0 Å². The lowest BCUT2D eigenvalue weighted by atomic mass is 9.87. The van der Waals surface area contributed by atoms with Crippen molar-refractivity contribution < 1.29 is 19.4 Å². The lowest BCUT2D eigenvalue weighted by Gasteiger charge is -2.33. The molecule has 1 aliphatic heterocycles. The number of nitrogens with zero attached hydrogens (tertiary/aromatic N) is 1. The molecule has 4 rings (SSSR count). The first-order valence-electron chi connectivity index (χ1n) is 11.1. The number of Topliss-reactive ketones (excluding diaryl/α,β-unsaturated/α-hetero) is 1. The Hall–Kier alpha value is -2.14. The highest BCUT2D eigenvalue weighted by molar-refractivity contribution is 6.11. The number of aromatic nitrogens is 1. The number of carboxylic acid groups (broad SMARTS) is 1. The maximum atomic E-state index is 13.6. The van der Waals surface area contributed by atoms with E-state index in [0.29, 0.717) is 18.6 Å². The largest absolute Gasteiger partial charge is 0.480 e. The number of carbonyl (C=O) groups is 2. The smallest absolute Gasteiger partial charge is 0.326 e. The fourth-order valence-electron chi connectivity index (χ4n) is 5.67. The second-order valence-electron chi connectivity index (χ2n) is 10.2. The highest BCUT2D eigenvalue weighted by Crippen LogP contribution is 2.69. The maximum Gasteiger partial charge on any atom is 0.326 e. The van der Waals surface area contributed by atoms with Crippen molar-refractivity contribution in [3.8, 4) is 0 Å². The van der Waals surface area contributed by atoms with Crippen molar-refractivity contribution >= 4 is 22.7 Å². The van der Waals surface area contributed by atoms with Crippen molar-refractivity contribution in [3.63, 3.8) is 0 Å². The first-order chi connectivity index (χ1) is 14.1. The van der Waals surface area contributed by atoms with Crippen molar-refractivity contribution in [1.82, 2.24) is 4.57 Å². The van der Waals surface area contributed by atoms with E-state index in [9.17, 15) is 14.7 Å². The topological polar surface area (TPSA) is 68.5 Å². The molecule has 0 radical (unpaired) electrons. The van der Waals surface area contributed by atoms with Gasteiger partial charge in [0.25, 0.3) is 0 Å². The van der Waals surface area contributed by atoms with E-state index in [4.69, 9.17) is 4.74 Å². The minimum Gasteiger partial charge on any atom is -0.480 e. The molecule has 2 heterocycles. The van der Waals surface area contributed by atoms with Crippen LogP contribution in [0.3, 0.4) is 0 Å². The zero-order chi connectivity index (χ0) is 21.8. The minimum atomic E-state index is -0.844. The standard InChI is InChI=1S/C25H33NO4/c1-6-16-13-15(11-12-30-16)20(23(28)29)26-14-18(17-9-7-8-10-19(17)26)21(27)22-24(2,3)25(22,4)5/h7-10,14-16,20,22H,6,11-13H2,1-5H3,(H,28,29). The molecule has 2 fully saturated rings. The molecule has 5 nitrogen and oxygen atoms in total. The number of fused-ring (bicyclic) bond motifs is 1. The van der Waals surface area contributed by atoms with E-state index >= 15 is 0 Å². The van der Waals surface area contributed by atoms with Gasteiger partial charge < -0.3 is 14.4 Å². The molecule has 1 aromatic heterocycles. The minimum absolute atomic E-state index is 0.0197. The molecule has 1 aromatic carbocycles. The summed E-state index contributed by atoms with van der Waals surface area (Å²) in [6, 6.07) is 7.01. The third-order valence-corrected chi connectivity index (χ3v) is 8.15. The molecule has 0 spiro atoms. The van der Waals surface area contributed by atoms with E-state index in [1.807, 2.05) is 35.0 Å². The summed E-state index contributed by atoms with van der Waals surface area (Å²) in [6.07, 6.45) is 4.23. The summed E-state index contributed by atoms with van der Waals surface area (Å²) in [6.45, 7) is 11.2. The number of rotatable bonds is 6. The van der Waals surface area contributed by atoms with Crippen molar-refractivity contribution in [2.75, 3.05) is 6.61 Å². The molecule has 1 aliphatic carbocycles. The van der Waals surface area contributed by atoms with Crippen molar-refractivity contribution in [2.24, 2.45) is 22.7 Å². The van der Waals surface area contributed by atoms with E-state index in [2.05, 4.69) is 34.6 Å². The van der Waals surface area contributed by atoms with E-state index in [1.165, 1.54) is 0 Å². The number of carboxylic acids is 1. The summed E-state index contributed by atoms with van der Waals surface area (Å²) in [5.74, 6) is -0.792. The van der Waals surface area contributed by atoms with E-state index in [-0.39, 0.29) is 34.6 Å². The molecule has 1 saturated heterocycles. The van der Waals surface area contributed by atoms with Crippen LogP contribution < -0.4 is 0 Å². The summed E-state index contributed by atoms with van der Waals surface area (Å²) in [5, 5.41) is 11.0. The molecule has 2 aliphatic rings. The van der Waals surface area contributed by atoms with Gasteiger partial charge >= 0.3 is 5.97 Å². The van der Waals surface area contributed by atoms with Gasteiger partial charge in [-0.3, -0.25) is 4.79 Å². The quantitative estimate of drug-likeness (QED) is 0.652. The number of carbonyl (C=O) groups excluding carboxylic acids is 1. The van der Waals surface area contributed by atoms with Gasteiger partial charge in [0, 0.05) is 35.2 Å². The van der Waals surface area contributed by atoms with Gasteiger partial charge in [-0.05, 0) is 42.1 Å². The number of hydrogen-bond donors (Lipinski definition) is 1. The van der Waals surface area contributed by atoms with Crippen LogP contribution in [-0.2, 0) is 9.53 Å². The van der Waals surface area contributed by atoms with Gasteiger partial charge in [0.2, 0.25) is 0 Å². The van der Waals surface area contributed by atoms with Crippen molar-refractivity contribution in [3.05, 3.63) is 36.0 Å². The predicted octanol–water partition coefficient (Wildman–Crippen LogP) is 5.34. The van der Waals surface area contributed by atoms with E-state index < -0.39 is 12.0 Å². The highest BCUT2D eigenvalue weighted by Gasteiger charge is 2.68. The number of aliphatic carboxylic acids is 1. The molecular formula is C25H33NO4. The third-order valence-electron chi connectivity index (χ3n) is 8.15. The second-order valence-corrected chi connectivity index (χ2v) is 10.2. The van der Waals surface area contributed by atoms with Gasteiger partial charge in [-0.2, -0.15) is 0 Å². The van der Waals surface area contributed by atoms with Crippen LogP contribution in [0, 0.1) is 22.7 Å². The zero-order valence-electron chi connectivity index (χ0n) is 18.6. The highest BCUT2D eigenvalue weighted by atomic mass is 16.5. The summed E-state index contributed by atoms with van der Waals surface area (Å²) in [5.41, 5.74) is 1.35. The number of hydrogen-bond acceptors (Lipinski definition) is 3. The SMILES string of the molecule is CCC1CC(C(C(=O)O)n2cc(C(=O)C3C(C)(C)C3(C)C)c3ccccc32)CCO1. The molecule has 1 N–H and O–H groups in total. The van der Waals surface area contributed by atoms with Gasteiger partial charge in [0.15, 0.2) is 5.78 Å². The second kappa shape index (κ2) is 7.23. The Morgan fingerprint density at radius 3 is 2.47 bits per heavy atom. The first-order valence-corrected chi connectivity index (χ1v) is 11.1. The fourth-order valence-corrected chi connectivity index (χ4v) is 5.67. The Morgan fingerprint density at radius 1 is 1.20 bits per heavy atom. The van der Waals surface area contributed by atoms with Crippen LogP contribution in [-0.4, -0.2) is 34.1 Å². The van der Waals surface area contributed by atoms with Crippen LogP contribution in [0.15, 0.2) is 30.5 Å². The lowest BCUT2D eigenvalue weighted by molar-refractivity contribution is -0.144. The maximum absolute atomic E-state index is 13.6. The van der Waals surface area contributed by atoms with Crippen molar-refractivity contribution in [1.29, 1.82) is 0 Å². The Balaban J connectivity index is 1.78. The Morgan fingerprint density at radius 2 is 1.87 bits per heavy atom. The molecule has 2 aromatic rings. The van der Waals surface area contributed by atoms with Crippen LogP contribution in [0.4, 0.5) is 0 Å². The Bertz CT molecular complexity index is 972. The van der Waals surface area contributed by atoms with E-state index in [1.54, 1.807) is 0 Å². The summed E-state index contributed by atoms with van der Waals surface area (Å²) in [7, 11) is 0. The predicted molar refractivity (Wildman–Crippen MR) is 117 cm³/mol. The van der Waals surface area contributed by atoms with Gasteiger partial charge in [0.05, 0.1) is 6.10 Å². The van der Waals surface area contributed by atoms with Gasteiger partial charge in [-0.15, -0.1) is 0 Å². The molecular weight excluding hydrogens is 378 g/mol. The number of benzene rings is 1. The number of ketones is 1. The molecule has 3 unspecified atom stereocenters. The lowest BCUT2D eigenvalue weighted by Crippen LogP contribution is -2.34. The fraction of sp³-hybridized carbons (Fsp3) is 0.600. The molecule has 5 heteroatoms. The third kappa shape index (κ3) is 3.09. The molecule has 30 heavy (non-hydrogen) atoms.